The second kappa shape index (κ2) is 6.63. The van der Waals surface area contributed by atoms with E-state index in [1.807, 2.05) is 0 Å². The summed E-state index contributed by atoms with van der Waals surface area (Å²) in [5, 5.41) is 6.59. The molecule has 2 aliphatic carbocycles. The minimum absolute atomic E-state index is 0. The molecule has 3 fully saturated rings. The van der Waals surface area contributed by atoms with Crippen LogP contribution >= 0.6 is 12.4 Å². The highest BCUT2D eigenvalue weighted by atomic mass is 35.5. The van der Waals surface area contributed by atoms with Crippen LogP contribution in [-0.4, -0.2) is 37.7 Å². The zero-order chi connectivity index (χ0) is 13.3. The third kappa shape index (κ3) is 2.70. The Morgan fingerprint density at radius 3 is 2.75 bits per heavy atom. The number of halogens is 1. The van der Waals surface area contributed by atoms with Crippen molar-refractivity contribution in [2.75, 3.05) is 19.7 Å². The van der Waals surface area contributed by atoms with E-state index in [9.17, 15) is 4.79 Å². The smallest absolute Gasteiger partial charge is 0.224 e. The average molecular weight is 303 g/mol. The first-order valence-electron chi connectivity index (χ1n) is 7.89. The summed E-state index contributed by atoms with van der Waals surface area (Å²) in [5.74, 6) is 0.445. The topological polar surface area (TPSA) is 50.4 Å². The summed E-state index contributed by atoms with van der Waals surface area (Å²) < 4.78 is 5.89. The molecule has 0 aromatic carbocycles. The van der Waals surface area contributed by atoms with Crippen molar-refractivity contribution in [3.8, 4) is 0 Å². The van der Waals surface area contributed by atoms with Gasteiger partial charge in [0, 0.05) is 24.6 Å². The van der Waals surface area contributed by atoms with Crippen LogP contribution in [0.25, 0.3) is 0 Å². The Bertz CT molecular complexity index is 339. The number of nitrogens with one attached hydrogen (secondary N) is 2. The molecule has 3 atom stereocenters. The van der Waals surface area contributed by atoms with Gasteiger partial charge in [0.25, 0.3) is 0 Å². The molecule has 116 valence electrons. The van der Waals surface area contributed by atoms with E-state index in [1.54, 1.807) is 0 Å². The molecule has 5 heteroatoms. The van der Waals surface area contributed by atoms with Gasteiger partial charge < -0.3 is 15.4 Å². The van der Waals surface area contributed by atoms with Gasteiger partial charge in [-0.2, -0.15) is 0 Å². The van der Waals surface area contributed by atoms with E-state index in [2.05, 4.69) is 17.6 Å². The Balaban J connectivity index is 0.00000147. The van der Waals surface area contributed by atoms with E-state index in [-0.39, 0.29) is 29.6 Å². The summed E-state index contributed by atoms with van der Waals surface area (Å²) in [7, 11) is 0. The Labute approximate surface area is 127 Å². The number of carbonyl (C=O) groups excluding carboxylic acids is 1. The van der Waals surface area contributed by atoms with Crippen LogP contribution in [0.5, 0.6) is 0 Å². The molecule has 0 radical (unpaired) electrons. The molecule has 1 heterocycles. The van der Waals surface area contributed by atoms with Gasteiger partial charge in [-0.25, -0.2) is 0 Å². The number of amides is 1. The number of carbonyl (C=O) groups is 1. The van der Waals surface area contributed by atoms with Crippen LogP contribution in [0.1, 0.15) is 45.4 Å². The van der Waals surface area contributed by atoms with Crippen LogP contribution in [0, 0.1) is 11.3 Å². The van der Waals surface area contributed by atoms with Crippen LogP contribution < -0.4 is 10.6 Å². The highest BCUT2D eigenvalue weighted by Gasteiger charge is 2.57. The summed E-state index contributed by atoms with van der Waals surface area (Å²) in [6.45, 7) is 4.69. The third-order valence-corrected chi connectivity index (χ3v) is 5.43. The van der Waals surface area contributed by atoms with Crippen molar-refractivity contribution in [2.24, 2.45) is 11.3 Å². The van der Waals surface area contributed by atoms with Crippen LogP contribution in [0.3, 0.4) is 0 Å². The van der Waals surface area contributed by atoms with Crippen molar-refractivity contribution in [1.82, 2.24) is 10.6 Å². The highest BCUT2D eigenvalue weighted by Crippen LogP contribution is 2.54. The normalized spacial score (nSPS) is 34.5. The van der Waals surface area contributed by atoms with Crippen molar-refractivity contribution in [3.05, 3.63) is 0 Å². The van der Waals surface area contributed by atoms with E-state index in [1.165, 1.54) is 25.7 Å². The van der Waals surface area contributed by atoms with Gasteiger partial charge in [0.15, 0.2) is 0 Å². The van der Waals surface area contributed by atoms with Gasteiger partial charge in [-0.1, -0.05) is 12.8 Å². The fourth-order valence-corrected chi connectivity index (χ4v) is 4.26. The molecule has 0 aromatic heterocycles. The minimum Gasteiger partial charge on any atom is -0.378 e. The second-order valence-electron chi connectivity index (χ2n) is 6.37. The summed E-state index contributed by atoms with van der Waals surface area (Å²) >= 11 is 0. The SMILES string of the molecule is CCOC1CC(NC(=O)C2CCNC2)C12CCCC2.Cl. The first kappa shape index (κ1) is 16.1. The van der Waals surface area contributed by atoms with Gasteiger partial charge in [-0.3, -0.25) is 4.79 Å². The molecule has 3 aliphatic rings. The summed E-state index contributed by atoms with van der Waals surface area (Å²) in [6.07, 6.45) is 7.42. The Morgan fingerprint density at radius 2 is 2.15 bits per heavy atom. The maximum absolute atomic E-state index is 12.3. The molecule has 4 nitrogen and oxygen atoms in total. The molecular formula is C15H27ClN2O2. The third-order valence-electron chi connectivity index (χ3n) is 5.43. The molecule has 0 aromatic rings. The zero-order valence-corrected chi connectivity index (χ0v) is 13.1. The van der Waals surface area contributed by atoms with Crippen LogP contribution in [0.4, 0.5) is 0 Å². The Morgan fingerprint density at radius 1 is 1.40 bits per heavy atom. The van der Waals surface area contributed by atoms with Crippen molar-refractivity contribution in [3.63, 3.8) is 0 Å². The standard InChI is InChI=1S/C15H26N2O2.ClH/c1-2-19-13-9-12(15(13)6-3-4-7-15)17-14(18)11-5-8-16-10-11;/h11-13,16H,2-10H2,1H3,(H,17,18);1H. The maximum Gasteiger partial charge on any atom is 0.224 e. The van der Waals surface area contributed by atoms with Crippen LogP contribution in [0.2, 0.25) is 0 Å². The van der Waals surface area contributed by atoms with Gasteiger partial charge >= 0.3 is 0 Å². The summed E-state index contributed by atoms with van der Waals surface area (Å²) in [5.41, 5.74) is 0.262. The van der Waals surface area contributed by atoms with E-state index in [4.69, 9.17) is 4.74 Å². The average Bonchev–Trinajstić information content (AvgIpc) is 3.09. The monoisotopic (exact) mass is 302 g/mol. The van der Waals surface area contributed by atoms with E-state index < -0.39 is 0 Å². The molecular weight excluding hydrogens is 276 g/mol. The number of hydrogen-bond donors (Lipinski definition) is 2. The Hall–Kier alpha value is -0.320. The summed E-state index contributed by atoms with van der Waals surface area (Å²) in [4.78, 5) is 12.3. The van der Waals surface area contributed by atoms with Gasteiger partial charge in [0.1, 0.15) is 0 Å². The van der Waals surface area contributed by atoms with Crippen LogP contribution in [0.15, 0.2) is 0 Å². The Kier molecular flexibility index (Phi) is 5.32. The molecule has 0 bridgehead atoms. The van der Waals surface area contributed by atoms with Crippen LogP contribution in [-0.2, 0) is 9.53 Å². The quantitative estimate of drug-likeness (QED) is 0.833. The minimum atomic E-state index is 0. The fourth-order valence-electron chi connectivity index (χ4n) is 4.26. The fraction of sp³-hybridized carbons (Fsp3) is 0.933. The number of ether oxygens (including phenoxy) is 1. The van der Waals surface area contributed by atoms with Crippen molar-refractivity contribution < 1.29 is 9.53 Å². The lowest BCUT2D eigenvalue weighted by atomic mass is 9.60. The number of rotatable bonds is 4. The lowest BCUT2D eigenvalue weighted by molar-refractivity contribution is -0.146. The van der Waals surface area contributed by atoms with Gasteiger partial charge in [-0.05, 0) is 39.2 Å². The zero-order valence-electron chi connectivity index (χ0n) is 12.3. The lowest BCUT2D eigenvalue weighted by Gasteiger charge is -2.54. The molecule has 1 aliphatic heterocycles. The molecule has 20 heavy (non-hydrogen) atoms. The van der Waals surface area contributed by atoms with E-state index in [0.29, 0.717) is 12.1 Å². The van der Waals surface area contributed by atoms with Crippen molar-refractivity contribution in [2.45, 2.75) is 57.6 Å². The number of hydrogen-bond acceptors (Lipinski definition) is 3. The molecule has 2 saturated carbocycles. The molecule has 1 spiro atoms. The highest BCUT2D eigenvalue weighted by molar-refractivity contribution is 5.85. The largest absolute Gasteiger partial charge is 0.378 e. The summed E-state index contributed by atoms with van der Waals surface area (Å²) in [6, 6.07) is 0.361. The predicted molar refractivity (Wildman–Crippen MR) is 81.1 cm³/mol. The van der Waals surface area contributed by atoms with Crippen molar-refractivity contribution in [1.29, 1.82) is 0 Å². The van der Waals surface area contributed by atoms with Gasteiger partial charge in [0.2, 0.25) is 5.91 Å². The van der Waals surface area contributed by atoms with Crippen molar-refractivity contribution >= 4 is 18.3 Å². The maximum atomic E-state index is 12.3. The predicted octanol–water partition coefficient (Wildman–Crippen LogP) is 1.87. The first-order chi connectivity index (χ1) is 9.26. The molecule has 2 N–H and O–H groups in total. The van der Waals surface area contributed by atoms with Gasteiger partial charge in [0.05, 0.1) is 12.0 Å². The van der Waals surface area contributed by atoms with Gasteiger partial charge in [-0.15, -0.1) is 12.4 Å². The molecule has 3 rings (SSSR count). The molecule has 1 saturated heterocycles. The lowest BCUT2D eigenvalue weighted by Crippen LogP contribution is -2.64. The van der Waals surface area contributed by atoms with E-state index in [0.717, 1.165) is 32.5 Å². The molecule has 3 unspecified atom stereocenters. The van der Waals surface area contributed by atoms with E-state index >= 15 is 0 Å². The molecule has 1 amide bonds. The first-order valence-corrected chi connectivity index (χ1v) is 7.89. The second-order valence-corrected chi connectivity index (χ2v) is 6.37.